The van der Waals surface area contributed by atoms with Crippen LogP contribution in [0.5, 0.6) is 0 Å². The van der Waals surface area contributed by atoms with Gasteiger partial charge in [0.25, 0.3) is 0 Å². The summed E-state index contributed by atoms with van der Waals surface area (Å²) in [5.74, 6) is 0. The van der Waals surface area contributed by atoms with Gasteiger partial charge in [-0.3, -0.25) is 0 Å². The third-order valence-corrected chi connectivity index (χ3v) is 3.57. The SMILES string of the molecule is C/C=C/CCCCCCO[C@@H](CO)[C@@H]1OC[C@@H](O)[C@@H]1O. The number of rotatable bonds is 10. The summed E-state index contributed by atoms with van der Waals surface area (Å²) in [5.41, 5.74) is 0. The molecule has 0 aromatic carbocycles. The van der Waals surface area contributed by atoms with Gasteiger partial charge in [0.1, 0.15) is 24.4 Å². The molecule has 5 nitrogen and oxygen atoms in total. The average molecular weight is 288 g/mol. The van der Waals surface area contributed by atoms with Crippen LogP contribution in [0.25, 0.3) is 0 Å². The van der Waals surface area contributed by atoms with E-state index in [9.17, 15) is 15.3 Å². The Kier molecular flexibility index (Phi) is 9.05. The number of allylic oxidation sites excluding steroid dienone is 2. The van der Waals surface area contributed by atoms with Crippen molar-refractivity contribution >= 4 is 0 Å². The minimum absolute atomic E-state index is 0.0939. The van der Waals surface area contributed by atoms with E-state index < -0.39 is 24.4 Å². The molecule has 1 heterocycles. The molecule has 4 atom stereocenters. The zero-order valence-corrected chi connectivity index (χ0v) is 12.3. The second kappa shape index (κ2) is 10.3. The molecule has 0 aromatic rings. The number of unbranched alkanes of at least 4 members (excludes halogenated alkanes) is 4. The number of hydrogen-bond acceptors (Lipinski definition) is 5. The molecule has 0 aromatic heterocycles. The first-order valence-electron chi connectivity index (χ1n) is 7.52. The van der Waals surface area contributed by atoms with Gasteiger partial charge in [-0.15, -0.1) is 0 Å². The third kappa shape index (κ3) is 5.89. The molecule has 0 amide bonds. The van der Waals surface area contributed by atoms with E-state index in [4.69, 9.17) is 9.47 Å². The lowest BCUT2D eigenvalue weighted by atomic mass is 10.1. The van der Waals surface area contributed by atoms with Crippen LogP contribution in [-0.4, -0.2) is 59.6 Å². The monoisotopic (exact) mass is 288 g/mol. The third-order valence-electron chi connectivity index (χ3n) is 3.57. The van der Waals surface area contributed by atoms with Gasteiger partial charge in [-0.1, -0.05) is 25.0 Å². The fourth-order valence-corrected chi connectivity index (χ4v) is 2.32. The summed E-state index contributed by atoms with van der Waals surface area (Å²) in [5, 5.41) is 28.4. The summed E-state index contributed by atoms with van der Waals surface area (Å²) < 4.78 is 10.8. The zero-order valence-electron chi connectivity index (χ0n) is 12.3. The summed E-state index contributed by atoms with van der Waals surface area (Å²) in [6.45, 7) is 2.45. The Morgan fingerprint density at radius 3 is 2.60 bits per heavy atom. The second-order valence-electron chi connectivity index (χ2n) is 5.22. The van der Waals surface area contributed by atoms with Crippen molar-refractivity contribution in [3.05, 3.63) is 12.2 Å². The van der Waals surface area contributed by atoms with Crippen LogP contribution in [0.2, 0.25) is 0 Å². The first-order valence-corrected chi connectivity index (χ1v) is 7.52. The number of aliphatic hydroxyl groups is 3. The van der Waals surface area contributed by atoms with Crippen LogP contribution < -0.4 is 0 Å². The van der Waals surface area contributed by atoms with Gasteiger partial charge in [0.05, 0.1) is 13.2 Å². The molecule has 0 unspecified atom stereocenters. The topological polar surface area (TPSA) is 79.2 Å². The Labute approximate surface area is 121 Å². The van der Waals surface area contributed by atoms with Crippen LogP contribution >= 0.6 is 0 Å². The van der Waals surface area contributed by atoms with E-state index in [0.29, 0.717) is 6.61 Å². The van der Waals surface area contributed by atoms with Crippen molar-refractivity contribution in [3.63, 3.8) is 0 Å². The van der Waals surface area contributed by atoms with Crippen LogP contribution in [0.3, 0.4) is 0 Å². The van der Waals surface area contributed by atoms with Crippen LogP contribution in [-0.2, 0) is 9.47 Å². The quantitative estimate of drug-likeness (QED) is 0.413. The van der Waals surface area contributed by atoms with E-state index in [2.05, 4.69) is 12.2 Å². The van der Waals surface area contributed by atoms with Gasteiger partial charge in [-0.05, 0) is 26.2 Å². The van der Waals surface area contributed by atoms with Gasteiger partial charge in [0, 0.05) is 6.61 Å². The first-order chi connectivity index (χ1) is 9.70. The average Bonchev–Trinajstić information content (AvgIpc) is 2.78. The highest BCUT2D eigenvalue weighted by atomic mass is 16.6. The molecule has 1 aliphatic heterocycles. The lowest BCUT2D eigenvalue weighted by Crippen LogP contribution is -2.42. The molecule has 0 radical (unpaired) electrons. The standard InChI is InChI=1S/C15H28O5/c1-2-3-4-5-6-7-8-9-19-13(10-16)15-14(18)12(17)11-20-15/h2-3,12-18H,4-11H2,1H3/b3-2+/t12-,13+,14+,15+/m1/s1. The van der Waals surface area contributed by atoms with Gasteiger partial charge in [-0.25, -0.2) is 0 Å². The molecule has 20 heavy (non-hydrogen) atoms. The van der Waals surface area contributed by atoms with Crippen molar-refractivity contribution < 1.29 is 24.8 Å². The van der Waals surface area contributed by atoms with Crippen molar-refractivity contribution in [2.24, 2.45) is 0 Å². The maximum Gasteiger partial charge on any atom is 0.114 e. The molecule has 1 rings (SSSR count). The highest BCUT2D eigenvalue weighted by Crippen LogP contribution is 2.19. The van der Waals surface area contributed by atoms with E-state index in [1.165, 1.54) is 12.8 Å². The summed E-state index contributed by atoms with van der Waals surface area (Å²) in [6, 6.07) is 0. The van der Waals surface area contributed by atoms with E-state index in [1.54, 1.807) is 0 Å². The molecule has 0 saturated carbocycles. The summed E-state index contributed by atoms with van der Waals surface area (Å²) in [6.07, 6.45) is 6.66. The fourth-order valence-electron chi connectivity index (χ4n) is 2.32. The summed E-state index contributed by atoms with van der Waals surface area (Å²) in [7, 11) is 0. The Morgan fingerprint density at radius 2 is 2.00 bits per heavy atom. The Morgan fingerprint density at radius 1 is 1.25 bits per heavy atom. The molecule has 1 aliphatic rings. The molecule has 0 aliphatic carbocycles. The predicted molar refractivity (Wildman–Crippen MR) is 76.5 cm³/mol. The van der Waals surface area contributed by atoms with Crippen molar-refractivity contribution in [1.82, 2.24) is 0 Å². The lowest BCUT2D eigenvalue weighted by molar-refractivity contribution is -0.101. The number of ether oxygens (including phenoxy) is 2. The highest BCUT2D eigenvalue weighted by Gasteiger charge is 2.40. The predicted octanol–water partition coefficient (Wildman–Crippen LogP) is 1.01. The molecule has 0 spiro atoms. The number of aliphatic hydroxyl groups excluding tert-OH is 3. The Bertz CT molecular complexity index is 269. The molecule has 118 valence electrons. The molecule has 1 saturated heterocycles. The first kappa shape index (κ1) is 17.6. The van der Waals surface area contributed by atoms with Gasteiger partial charge >= 0.3 is 0 Å². The Hall–Kier alpha value is -0.460. The van der Waals surface area contributed by atoms with Gasteiger partial charge in [0.15, 0.2) is 0 Å². The highest BCUT2D eigenvalue weighted by molar-refractivity contribution is 4.88. The van der Waals surface area contributed by atoms with Crippen LogP contribution in [0.1, 0.15) is 39.0 Å². The maximum atomic E-state index is 9.71. The van der Waals surface area contributed by atoms with Gasteiger partial charge < -0.3 is 24.8 Å². The van der Waals surface area contributed by atoms with Crippen molar-refractivity contribution in [2.45, 2.75) is 63.4 Å². The van der Waals surface area contributed by atoms with E-state index in [0.717, 1.165) is 19.3 Å². The van der Waals surface area contributed by atoms with E-state index in [-0.39, 0.29) is 13.2 Å². The normalized spacial score (nSPS) is 28.3. The van der Waals surface area contributed by atoms with E-state index >= 15 is 0 Å². The van der Waals surface area contributed by atoms with Crippen molar-refractivity contribution in [1.29, 1.82) is 0 Å². The summed E-state index contributed by atoms with van der Waals surface area (Å²) >= 11 is 0. The second-order valence-corrected chi connectivity index (χ2v) is 5.22. The van der Waals surface area contributed by atoms with Crippen LogP contribution in [0, 0.1) is 0 Å². The maximum absolute atomic E-state index is 9.71. The van der Waals surface area contributed by atoms with Crippen LogP contribution in [0.15, 0.2) is 12.2 Å². The number of hydrogen-bond donors (Lipinski definition) is 3. The van der Waals surface area contributed by atoms with Gasteiger partial charge in [-0.2, -0.15) is 0 Å². The zero-order chi connectivity index (χ0) is 14.8. The molecule has 0 bridgehead atoms. The molecule has 1 fully saturated rings. The van der Waals surface area contributed by atoms with Crippen molar-refractivity contribution in [2.75, 3.05) is 19.8 Å². The van der Waals surface area contributed by atoms with E-state index in [1.807, 2.05) is 6.92 Å². The van der Waals surface area contributed by atoms with Gasteiger partial charge in [0.2, 0.25) is 0 Å². The van der Waals surface area contributed by atoms with Crippen LogP contribution in [0.4, 0.5) is 0 Å². The molecular weight excluding hydrogens is 260 g/mol. The summed E-state index contributed by atoms with van der Waals surface area (Å²) in [4.78, 5) is 0. The Balaban J connectivity index is 2.10. The molecular formula is C15H28O5. The largest absolute Gasteiger partial charge is 0.394 e. The smallest absolute Gasteiger partial charge is 0.114 e. The minimum atomic E-state index is -0.979. The minimum Gasteiger partial charge on any atom is -0.394 e. The molecule has 5 heteroatoms. The molecule has 3 N–H and O–H groups in total. The lowest BCUT2D eigenvalue weighted by Gasteiger charge is -2.24. The van der Waals surface area contributed by atoms with Crippen molar-refractivity contribution in [3.8, 4) is 0 Å². The fraction of sp³-hybridized carbons (Fsp3) is 0.867.